The zero-order valence-corrected chi connectivity index (χ0v) is 27.1. The van der Waals surface area contributed by atoms with Gasteiger partial charge in [0.1, 0.15) is 11.6 Å². The van der Waals surface area contributed by atoms with E-state index in [4.69, 9.17) is 0 Å². The van der Waals surface area contributed by atoms with E-state index in [0.717, 1.165) is 89.4 Å². The summed E-state index contributed by atoms with van der Waals surface area (Å²) in [5.41, 5.74) is 3.00. The van der Waals surface area contributed by atoms with Crippen molar-refractivity contribution in [2.24, 2.45) is 57.2 Å². The number of hydrogen-bond donors (Lipinski definition) is 3. The monoisotopic (exact) mass is 592 g/mol. The van der Waals surface area contributed by atoms with Gasteiger partial charge in [-0.05, 0) is 130 Å². The van der Waals surface area contributed by atoms with Gasteiger partial charge in [-0.1, -0.05) is 51.0 Å². The van der Waals surface area contributed by atoms with E-state index in [2.05, 4.69) is 33.8 Å². The van der Waals surface area contributed by atoms with Crippen molar-refractivity contribution in [3.63, 3.8) is 0 Å². The number of carbonyl (C=O) groups is 2. The molecule has 5 heteroatoms. The largest absolute Gasteiger partial charge is 0.393 e. The van der Waals surface area contributed by atoms with Crippen LogP contribution in [0.3, 0.4) is 0 Å². The van der Waals surface area contributed by atoms with Gasteiger partial charge in [-0.15, -0.1) is 0 Å². The van der Waals surface area contributed by atoms with Crippen molar-refractivity contribution in [3.8, 4) is 0 Å². The number of hydrogen-bond acceptors (Lipinski definition) is 5. The van der Waals surface area contributed by atoms with E-state index >= 15 is 0 Å². The molecular formula is C38H56O5. The van der Waals surface area contributed by atoms with Crippen molar-refractivity contribution in [3.05, 3.63) is 23.3 Å². The molecule has 0 bridgehead atoms. The van der Waals surface area contributed by atoms with E-state index < -0.39 is 6.10 Å². The normalized spacial score (nSPS) is 53.5. The number of aliphatic hydroxyl groups excluding tert-OH is 3. The number of allylic oxidation sites excluding steroid dienone is 1. The molecule has 238 valence electrons. The number of ketones is 2. The van der Waals surface area contributed by atoms with Crippen LogP contribution in [0.5, 0.6) is 0 Å². The number of fused-ring (bicyclic) bond motifs is 10. The minimum Gasteiger partial charge on any atom is -0.393 e. The Balaban J connectivity index is 0.000000140. The van der Waals surface area contributed by atoms with Crippen molar-refractivity contribution in [2.45, 2.75) is 142 Å². The Morgan fingerprint density at radius 3 is 1.72 bits per heavy atom. The molecule has 0 aromatic heterocycles. The SMILES string of the molecule is C[C@]12CC[C@H](O)CC1=CCC1C2CC[C@]2(C)C(=O)CCC12.C[C@]12CC[C@H](O)CC1=C[C@@H](O)C1C2CC[C@]2(C)C(=O)CCC12. The van der Waals surface area contributed by atoms with Crippen molar-refractivity contribution in [1.29, 1.82) is 0 Å². The maximum absolute atomic E-state index is 12.4. The Morgan fingerprint density at radius 1 is 0.605 bits per heavy atom. The first-order valence-corrected chi connectivity index (χ1v) is 17.8. The van der Waals surface area contributed by atoms with Crippen LogP contribution in [0.2, 0.25) is 0 Å². The molecule has 0 spiro atoms. The molecule has 0 aromatic rings. The molecule has 43 heavy (non-hydrogen) atoms. The minimum atomic E-state index is -0.436. The van der Waals surface area contributed by atoms with Crippen LogP contribution in [0.1, 0.15) is 124 Å². The summed E-state index contributed by atoms with van der Waals surface area (Å²) in [4.78, 5) is 24.7. The quantitative estimate of drug-likeness (QED) is 0.271. The lowest BCUT2D eigenvalue weighted by molar-refractivity contribution is -0.135. The van der Waals surface area contributed by atoms with Crippen LogP contribution in [-0.4, -0.2) is 45.2 Å². The van der Waals surface area contributed by atoms with Gasteiger partial charge in [-0.3, -0.25) is 9.59 Å². The summed E-state index contributed by atoms with van der Waals surface area (Å²) >= 11 is 0. The third-order valence-electron chi connectivity index (χ3n) is 15.6. The first-order chi connectivity index (χ1) is 20.3. The van der Waals surface area contributed by atoms with Crippen LogP contribution in [0, 0.1) is 57.2 Å². The minimum absolute atomic E-state index is 0.0168. The number of aliphatic hydroxyl groups is 3. The van der Waals surface area contributed by atoms with Gasteiger partial charge in [-0.2, -0.15) is 0 Å². The van der Waals surface area contributed by atoms with E-state index in [9.17, 15) is 24.9 Å². The lowest BCUT2D eigenvalue weighted by atomic mass is 9.47. The molecule has 0 aromatic carbocycles. The van der Waals surface area contributed by atoms with Gasteiger partial charge in [0.25, 0.3) is 0 Å². The fraction of sp³-hybridized carbons (Fsp3) is 0.842. The summed E-state index contributed by atoms with van der Waals surface area (Å²) in [6.45, 7) is 9.17. The first kappa shape index (κ1) is 30.4. The van der Waals surface area contributed by atoms with Gasteiger partial charge in [0.05, 0.1) is 18.3 Å². The summed E-state index contributed by atoms with van der Waals surface area (Å²) in [5.74, 6) is 4.06. The molecule has 8 aliphatic rings. The molecule has 13 atom stereocenters. The van der Waals surface area contributed by atoms with Gasteiger partial charge in [-0.25, -0.2) is 0 Å². The summed E-state index contributed by atoms with van der Waals surface area (Å²) in [5, 5.41) is 30.8. The highest BCUT2D eigenvalue weighted by Gasteiger charge is 2.61. The Hall–Kier alpha value is -1.30. The summed E-state index contributed by atoms with van der Waals surface area (Å²) < 4.78 is 0. The van der Waals surface area contributed by atoms with E-state index in [0.29, 0.717) is 47.1 Å². The highest BCUT2D eigenvalue weighted by molar-refractivity contribution is 5.87. The molecule has 8 aliphatic carbocycles. The summed E-state index contributed by atoms with van der Waals surface area (Å²) in [6, 6.07) is 0. The fourth-order valence-electron chi connectivity index (χ4n) is 12.8. The molecule has 8 rings (SSSR count). The zero-order chi connectivity index (χ0) is 30.5. The van der Waals surface area contributed by atoms with Crippen LogP contribution in [0.25, 0.3) is 0 Å². The number of rotatable bonds is 0. The second kappa shape index (κ2) is 10.4. The Morgan fingerprint density at radius 2 is 1.07 bits per heavy atom. The van der Waals surface area contributed by atoms with Crippen LogP contribution < -0.4 is 0 Å². The van der Waals surface area contributed by atoms with Gasteiger partial charge < -0.3 is 15.3 Å². The molecule has 3 N–H and O–H groups in total. The summed E-state index contributed by atoms with van der Waals surface area (Å²) in [7, 11) is 0. The van der Waals surface area contributed by atoms with Gasteiger partial charge in [0.15, 0.2) is 0 Å². The molecule has 0 amide bonds. The van der Waals surface area contributed by atoms with E-state index in [1.54, 1.807) is 0 Å². The molecule has 0 aliphatic heterocycles. The lowest BCUT2D eigenvalue weighted by Gasteiger charge is -2.58. The smallest absolute Gasteiger partial charge is 0.139 e. The predicted octanol–water partition coefficient (Wildman–Crippen LogP) is 6.73. The van der Waals surface area contributed by atoms with Gasteiger partial charge in [0, 0.05) is 23.7 Å². The van der Waals surface area contributed by atoms with Gasteiger partial charge in [0.2, 0.25) is 0 Å². The van der Waals surface area contributed by atoms with Crippen LogP contribution in [-0.2, 0) is 9.59 Å². The van der Waals surface area contributed by atoms with Crippen LogP contribution in [0.15, 0.2) is 23.3 Å². The first-order valence-electron chi connectivity index (χ1n) is 17.8. The molecule has 0 saturated heterocycles. The highest BCUT2D eigenvalue weighted by atomic mass is 16.3. The maximum Gasteiger partial charge on any atom is 0.139 e. The van der Waals surface area contributed by atoms with Crippen LogP contribution >= 0.6 is 0 Å². The highest BCUT2D eigenvalue weighted by Crippen LogP contribution is 2.65. The van der Waals surface area contributed by atoms with Crippen molar-refractivity contribution in [2.75, 3.05) is 0 Å². The Kier molecular flexibility index (Phi) is 7.31. The van der Waals surface area contributed by atoms with E-state index in [-0.39, 0.29) is 34.4 Å². The fourth-order valence-corrected chi connectivity index (χ4v) is 12.8. The van der Waals surface area contributed by atoms with Crippen LogP contribution in [0.4, 0.5) is 0 Å². The third kappa shape index (κ3) is 4.40. The van der Waals surface area contributed by atoms with Crippen molar-refractivity contribution in [1.82, 2.24) is 0 Å². The zero-order valence-electron chi connectivity index (χ0n) is 27.1. The second-order valence-electron chi connectivity index (χ2n) is 17.3. The standard InChI is InChI=1S/C19H28O3.C19H28O2/c1-18-7-5-12(20)9-11(18)10-15(21)17-13-3-4-16(22)19(13,2)8-6-14(17)18;1-18-9-7-13(20)11-12(18)3-4-14-15-5-6-17(21)19(15,2)10-8-16(14)18/h10,12-15,17,20-21H,3-9H2,1-2H3;3,13-16,20H,4-11H2,1-2H3/t12-,13?,14?,15+,17?,18-,19-;13-,14?,15?,16?,18-,19-/m00/s1. The lowest BCUT2D eigenvalue weighted by Crippen LogP contribution is -2.54. The van der Waals surface area contributed by atoms with Gasteiger partial charge >= 0.3 is 0 Å². The number of Topliss-reactive ketones (excluding diaryl/α,β-unsaturated/α-hetero) is 2. The molecule has 5 nitrogen and oxygen atoms in total. The van der Waals surface area contributed by atoms with Crippen molar-refractivity contribution >= 4 is 11.6 Å². The third-order valence-corrected chi connectivity index (χ3v) is 15.6. The molecule has 6 saturated carbocycles. The molecule has 6 fully saturated rings. The summed E-state index contributed by atoms with van der Waals surface area (Å²) in [6.07, 6.45) is 18.4. The average Bonchev–Trinajstić information content (AvgIpc) is 3.45. The number of carbonyl (C=O) groups excluding carboxylic acids is 2. The Bertz CT molecular complexity index is 1230. The Labute approximate surface area is 259 Å². The van der Waals surface area contributed by atoms with E-state index in [1.807, 2.05) is 6.08 Å². The van der Waals surface area contributed by atoms with E-state index in [1.165, 1.54) is 17.6 Å². The average molecular weight is 593 g/mol. The predicted molar refractivity (Wildman–Crippen MR) is 167 cm³/mol. The molecular weight excluding hydrogens is 536 g/mol. The molecule has 0 heterocycles. The topological polar surface area (TPSA) is 94.8 Å². The maximum atomic E-state index is 12.4. The second-order valence-corrected chi connectivity index (χ2v) is 17.3. The molecule has 6 unspecified atom stereocenters. The van der Waals surface area contributed by atoms with Crippen molar-refractivity contribution < 1.29 is 24.9 Å². The molecule has 0 radical (unpaired) electrons.